The standard InChI is InChI=1S/C20H24N2O2/c1-13(2)15-8-10-16(11-9-15)19(14(3)4)22-21-18-7-5-6-17(12-18)20(23)24/h5-14,21H,1-4H3,(H,23,24). The summed E-state index contributed by atoms with van der Waals surface area (Å²) in [7, 11) is 0. The van der Waals surface area contributed by atoms with Crippen molar-refractivity contribution in [2.45, 2.75) is 33.6 Å². The number of hydrogen-bond acceptors (Lipinski definition) is 3. The Balaban J connectivity index is 2.25. The molecule has 0 aliphatic rings. The van der Waals surface area contributed by atoms with Crippen LogP contribution in [0, 0.1) is 5.92 Å². The molecular weight excluding hydrogens is 300 g/mol. The van der Waals surface area contributed by atoms with Gasteiger partial charge < -0.3 is 5.11 Å². The van der Waals surface area contributed by atoms with Crippen molar-refractivity contribution in [2.24, 2.45) is 11.0 Å². The average molecular weight is 324 g/mol. The van der Waals surface area contributed by atoms with E-state index in [0.29, 0.717) is 11.6 Å². The van der Waals surface area contributed by atoms with Crippen LogP contribution in [0.25, 0.3) is 0 Å². The fraction of sp³-hybridized carbons (Fsp3) is 0.300. The third kappa shape index (κ3) is 4.44. The van der Waals surface area contributed by atoms with E-state index in [9.17, 15) is 4.79 Å². The van der Waals surface area contributed by atoms with Gasteiger partial charge in [-0.05, 0) is 41.2 Å². The van der Waals surface area contributed by atoms with Gasteiger partial charge in [0.2, 0.25) is 0 Å². The van der Waals surface area contributed by atoms with Gasteiger partial charge >= 0.3 is 5.97 Å². The van der Waals surface area contributed by atoms with Crippen LogP contribution in [0.4, 0.5) is 5.69 Å². The van der Waals surface area contributed by atoms with Crippen molar-refractivity contribution in [1.29, 1.82) is 0 Å². The van der Waals surface area contributed by atoms with Gasteiger partial charge in [0.25, 0.3) is 0 Å². The van der Waals surface area contributed by atoms with Gasteiger partial charge in [-0.1, -0.05) is 58.0 Å². The van der Waals surface area contributed by atoms with Crippen LogP contribution in [0.2, 0.25) is 0 Å². The summed E-state index contributed by atoms with van der Waals surface area (Å²) in [5.74, 6) is -0.212. The maximum Gasteiger partial charge on any atom is 0.335 e. The highest BCUT2D eigenvalue weighted by molar-refractivity contribution is 6.02. The number of aromatic carboxylic acids is 1. The normalized spacial score (nSPS) is 11.8. The third-order valence-corrected chi connectivity index (χ3v) is 3.83. The lowest BCUT2D eigenvalue weighted by Crippen LogP contribution is -2.12. The van der Waals surface area contributed by atoms with Gasteiger partial charge in [-0.25, -0.2) is 4.79 Å². The number of nitrogens with zero attached hydrogens (tertiary/aromatic N) is 1. The lowest BCUT2D eigenvalue weighted by Gasteiger charge is -2.13. The topological polar surface area (TPSA) is 61.7 Å². The number of carboxylic acid groups (broad SMARTS) is 1. The quantitative estimate of drug-likeness (QED) is 0.582. The molecule has 2 rings (SSSR count). The van der Waals surface area contributed by atoms with Gasteiger partial charge in [-0.15, -0.1) is 0 Å². The lowest BCUT2D eigenvalue weighted by molar-refractivity contribution is 0.0697. The average Bonchev–Trinajstić information content (AvgIpc) is 2.55. The molecule has 2 aromatic rings. The SMILES string of the molecule is CC(C)C(=NNc1cccc(C(=O)O)c1)c1ccc(C(C)C)cc1. The maximum atomic E-state index is 11.0. The first-order chi connectivity index (χ1) is 11.4. The molecule has 0 radical (unpaired) electrons. The zero-order valence-corrected chi connectivity index (χ0v) is 14.6. The molecule has 126 valence electrons. The van der Waals surface area contributed by atoms with Gasteiger partial charge in [0.15, 0.2) is 0 Å². The molecule has 4 heteroatoms. The maximum absolute atomic E-state index is 11.0. The third-order valence-electron chi connectivity index (χ3n) is 3.83. The lowest BCUT2D eigenvalue weighted by atomic mass is 9.96. The summed E-state index contributed by atoms with van der Waals surface area (Å²) in [4.78, 5) is 11.0. The van der Waals surface area contributed by atoms with E-state index in [1.54, 1.807) is 24.3 Å². The molecule has 0 saturated carbocycles. The number of anilines is 1. The molecule has 0 heterocycles. The first kappa shape index (κ1) is 17.7. The summed E-state index contributed by atoms with van der Waals surface area (Å²) < 4.78 is 0. The van der Waals surface area contributed by atoms with Crippen LogP contribution in [0.5, 0.6) is 0 Å². The highest BCUT2D eigenvalue weighted by Crippen LogP contribution is 2.18. The predicted molar refractivity (Wildman–Crippen MR) is 98.9 cm³/mol. The second-order valence-corrected chi connectivity index (χ2v) is 6.43. The van der Waals surface area contributed by atoms with Crippen molar-refractivity contribution in [3.8, 4) is 0 Å². The summed E-state index contributed by atoms with van der Waals surface area (Å²) >= 11 is 0. The molecule has 4 nitrogen and oxygen atoms in total. The van der Waals surface area contributed by atoms with E-state index < -0.39 is 5.97 Å². The van der Waals surface area contributed by atoms with E-state index in [1.165, 1.54) is 5.56 Å². The minimum absolute atomic E-state index is 0.239. The molecule has 0 spiro atoms. The molecular formula is C20H24N2O2. The zero-order valence-electron chi connectivity index (χ0n) is 14.6. The van der Waals surface area contributed by atoms with E-state index >= 15 is 0 Å². The summed E-state index contributed by atoms with van der Waals surface area (Å²) in [6.45, 7) is 8.52. The molecule has 0 saturated heterocycles. The monoisotopic (exact) mass is 324 g/mol. The minimum Gasteiger partial charge on any atom is -0.478 e. The molecule has 24 heavy (non-hydrogen) atoms. The van der Waals surface area contributed by atoms with Gasteiger partial charge in [-0.3, -0.25) is 5.43 Å². The van der Waals surface area contributed by atoms with Gasteiger partial charge in [0, 0.05) is 0 Å². The molecule has 0 atom stereocenters. The Kier molecular flexibility index (Phi) is 5.74. The second-order valence-electron chi connectivity index (χ2n) is 6.43. The number of hydrazone groups is 1. The zero-order chi connectivity index (χ0) is 17.7. The van der Waals surface area contributed by atoms with Gasteiger partial charge in [0.1, 0.15) is 0 Å². The van der Waals surface area contributed by atoms with E-state index in [1.807, 2.05) is 0 Å². The second kappa shape index (κ2) is 7.77. The van der Waals surface area contributed by atoms with Crippen LogP contribution < -0.4 is 5.43 Å². The Morgan fingerprint density at radius 1 is 1.00 bits per heavy atom. The molecule has 0 amide bonds. The largest absolute Gasteiger partial charge is 0.478 e. The van der Waals surface area contributed by atoms with Crippen LogP contribution in [0.15, 0.2) is 53.6 Å². The Hall–Kier alpha value is -2.62. The van der Waals surface area contributed by atoms with E-state index in [0.717, 1.165) is 11.3 Å². The fourth-order valence-corrected chi connectivity index (χ4v) is 2.41. The summed E-state index contributed by atoms with van der Waals surface area (Å²) in [5.41, 5.74) is 7.18. The first-order valence-electron chi connectivity index (χ1n) is 8.15. The van der Waals surface area contributed by atoms with Crippen LogP contribution in [0.1, 0.15) is 55.1 Å². The van der Waals surface area contributed by atoms with Crippen molar-refractivity contribution in [3.05, 3.63) is 65.2 Å². The van der Waals surface area contributed by atoms with Crippen molar-refractivity contribution in [3.63, 3.8) is 0 Å². The van der Waals surface area contributed by atoms with E-state index in [2.05, 4.69) is 62.5 Å². The molecule has 0 unspecified atom stereocenters. The Bertz CT molecular complexity index is 732. The minimum atomic E-state index is -0.948. The van der Waals surface area contributed by atoms with Crippen LogP contribution in [-0.4, -0.2) is 16.8 Å². The smallest absolute Gasteiger partial charge is 0.335 e. The predicted octanol–water partition coefficient (Wildman–Crippen LogP) is 4.98. The van der Waals surface area contributed by atoms with Crippen molar-refractivity contribution in [2.75, 3.05) is 5.43 Å². The number of nitrogens with one attached hydrogen (secondary N) is 1. The Morgan fingerprint density at radius 2 is 1.67 bits per heavy atom. The van der Waals surface area contributed by atoms with Crippen molar-refractivity contribution < 1.29 is 9.90 Å². The molecule has 0 fully saturated rings. The number of hydrogen-bond donors (Lipinski definition) is 2. The Morgan fingerprint density at radius 3 is 2.21 bits per heavy atom. The highest BCUT2D eigenvalue weighted by Gasteiger charge is 2.10. The molecule has 0 aliphatic heterocycles. The molecule has 0 aromatic heterocycles. The summed E-state index contributed by atoms with van der Waals surface area (Å²) in [6, 6.07) is 15.1. The van der Waals surface area contributed by atoms with Crippen molar-refractivity contribution in [1.82, 2.24) is 0 Å². The van der Waals surface area contributed by atoms with E-state index in [-0.39, 0.29) is 11.5 Å². The molecule has 0 bridgehead atoms. The molecule has 2 aromatic carbocycles. The first-order valence-corrected chi connectivity index (χ1v) is 8.15. The van der Waals surface area contributed by atoms with Crippen LogP contribution in [-0.2, 0) is 0 Å². The number of rotatable bonds is 6. The van der Waals surface area contributed by atoms with Gasteiger partial charge in [0.05, 0.1) is 17.0 Å². The molecule has 2 N–H and O–H groups in total. The van der Waals surface area contributed by atoms with Crippen LogP contribution >= 0.6 is 0 Å². The van der Waals surface area contributed by atoms with Gasteiger partial charge in [-0.2, -0.15) is 5.10 Å². The summed E-state index contributed by atoms with van der Waals surface area (Å²) in [5, 5.41) is 13.6. The summed E-state index contributed by atoms with van der Waals surface area (Å²) in [6.07, 6.45) is 0. The molecule has 0 aliphatic carbocycles. The number of benzene rings is 2. The van der Waals surface area contributed by atoms with E-state index in [4.69, 9.17) is 5.11 Å². The highest BCUT2D eigenvalue weighted by atomic mass is 16.4. The fourth-order valence-electron chi connectivity index (χ4n) is 2.41. The Labute approximate surface area is 143 Å². The van der Waals surface area contributed by atoms with Crippen molar-refractivity contribution >= 4 is 17.4 Å². The number of carboxylic acids is 1. The number of carbonyl (C=O) groups is 1. The van der Waals surface area contributed by atoms with Crippen LogP contribution in [0.3, 0.4) is 0 Å².